The lowest BCUT2D eigenvalue weighted by molar-refractivity contribution is 0.155. The number of rotatable bonds is 4. The van der Waals surface area contributed by atoms with Crippen molar-refractivity contribution in [1.82, 2.24) is 9.78 Å². The molecule has 0 aliphatic heterocycles. The van der Waals surface area contributed by atoms with Crippen LogP contribution in [0.4, 0.5) is 14.9 Å². The Hall–Kier alpha value is -3.37. The first-order valence-corrected chi connectivity index (χ1v) is 12.7. The van der Waals surface area contributed by atoms with Gasteiger partial charge in [0.1, 0.15) is 20.4 Å². The molecule has 0 radical (unpaired) electrons. The van der Waals surface area contributed by atoms with Gasteiger partial charge in [-0.25, -0.2) is 13.9 Å². The molecule has 0 spiro atoms. The number of hydrogen-bond acceptors (Lipinski definition) is 3. The zero-order chi connectivity index (χ0) is 20.9. The van der Waals surface area contributed by atoms with E-state index in [2.05, 4.69) is 41.5 Å². The van der Waals surface area contributed by atoms with E-state index in [-0.39, 0.29) is 12.3 Å². The molecule has 148 valence electrons. The number of nitrogens with one attached hydrogen (secondary N) is 1. The summed E-state index contributed by atoms with van der Waals surface area (Å²) in [6, 6.07) is 13.7. The number of aromatic nitrogens is 2. The molecule has 1 amide bonds. The first-order valence-electron chi connectivity index (χ1n) is 9.16. The highest BCUT2D eigenvalue weighted by atomic mass is 28.3. The summed E-state index contributed by atoms with van der Waals surface area (Å²) in [6.45, 7) is 6.60. The van der Waals surface area contributed by atoms with E-state index in [1.807, 2.05) is 30.3 Å². The number of benzene rings is 2. The van der Waals surface area contributed by atoms with Crippen LogP contribution in [0, 0.1) is 17.3 Å². The Labute approximate surface area is 170 Å². The van der Waals surface area contributed by atoms with Crippen molar-refractivity contribution in [3.05, 3.63) is 77.9 Å². The molecule has 0 fully saturated rings. The third-order valence-corrected chi connectivity index (χ3v) is 4.69. The minimum atomic E-state index is -1.50. The molecule has 0 unspecified atom stereocenters. The number of nitrogens with zero attached hydrogens (tertiary/aromatic N) is 2. The summed E-state index contributed by atoms with van der Waals surface area (Å²) in [7, 11) is -1.50. The zero-order valence-corrected chi connectivity index (χ0v) is 17.6. The molecule has 0 atom stereocenters. The van der Waals surface area contributed by atoms with Crippen molar-refractivity contribution in [2.45, 2.75) is 26.2 Å². The summed E-state index contributed by atoms with van der Waals surface area (Å²) in [5.74, 6) is 2.58. The van der Waals surface area contributed by atoms with Crippen LogP contribution in [-0.4, -0.2) is 23.9 Å². The summed E-state index contributed by atoms with van der Waals surface area (Å²) >= 11 is 0. The van der Waals surface area contributed by atoms with Gasteiger partial charge in [0, 0.05) is 11.9 Å². The predicted molar refractivity (Wildman–Crippen MR) is 114 cm³/mol. The molecule has 1 heterocycles. The van der Waals surface area contributed by atoms with Gasteiger partial charge >= 0.3 is 6.09 Å². The molecule has 1 aromatic heterocycles. The Bertz CT molecular complexity index is 1060. The maximum absolute atomic E-state index is 14.5. The van der Waals surface area contributed by atoms with Gasteiger partial charge in [0.2, 0.25) is 0 Å². The van der Waals surface area contributed by atoms with Gasteiger partial charge in [-0.1, -0.05) is 55.9 Å². The van der Waals surface area contributed by atoms with Gasteiger partial charge in [0.05, 0.1) is 11.8 Å². The van der Waals surface area contributed by atoms with Crippen molar-refractivity contribution in [2.75, 3.05) is 5.32 Å². The second-order valence-corrected chi connectivity index (χ2v) is 12.3. The van der Waals surface area contributed by atoms with Crippen LogP contribution in [0.3, 0.4) is 0 Å². The Balaban J connectivity index is 1.65. The molecule has 0 aliphatic carbocycles. The predicted octanol–water partition coefficient (Wildman–Crippen LogP) is 4.99. The number of halogens is 1. The lowest BCUT2D eigenvalue weighted by atomic mass is 10.2. The van der Waals surface area contributed by atoms with Gasteiger partial charge in [-0.3, -0.25) is 5.32 Å². The summed E-state index contributed by atoms with van der Waals surface area (Å²) < 4.78 is 21.1. The van der Waals surface area contributed by atoms with Gasteiger partial charge < -0.3 is 4.74 Å². The Kier molecular flexibility index (Phi) is 6.15. The fourth-order valence-electron chi connectivity index (χ4n) is 2.43. The molecule has 2 aromatic carbocycles. The second-order valence-electron chi connectivity index (χ2n) is 7.53. The van der Waals surface area contributed by atoms with Crippen LogP contribution in [-0.2, 0) is 11.3 Å². The van der Waals surface area contributed by atoms with Crippen LogP contribution in [0.15, 0.2) is 60.9 Å². The van der Waals surface area contributed by atoms with E-state index < -0.39 is 20.0 Å². The Morgan fingerprint density at radius 2 is 1.97 bits per heavy atom. The number of carbonyl (C=O) groups is 1. The number of hydrogen-bond donors (Lipinski definition) is 1. The van der Waals surface area contributed by atoms with Crippen molar-refractivity contribution in [3.63, 3.8) is 0 Å². The van der Waals surface area contributed by atoms with Crippen LogP contribution in [0.5, 0.6) is 0 Å². The SMILES string of the molecule is C[Si](C)(C)C#Cc1cnn(-c2ccc(NC(=O)OCc3ccccc3)cc2F)c1. The van der Waals surface area contributed by atoms with Gasteiger partial charge in [-0.05, 0) is 23.8 Å². The third-order valence-electron chi connectivity index (χ3n) is 3.82. The lowest BCUT2D eigenvalue weighted by Gasteiger charge is -2.09. The van der Waals surface area contributed by atoms with Crippen LogP contribution >= 0.6 is 0 Å². The Morgan fingerprint density at radius 3 is 2.66 bits per heavy atom. The van der Waals surface area contributed by atoms with Crippen molar-refractivity contribution >= 4 is 19.9 Å². The highest BCUT2D eigenvalue weighted by Gasteiger charge is 2.11. The van der Waals surface area contributed by atoms with Gasteiger partial charge in [-0.2, -0.15) is 5.10 Å². The first kappa shape index (κ1) is 20.4. The molecule has 0 saturated carbocycles. The number of amides is 1. The molecule has 1 N–H and O–H groups in total. The topological polar surface area (TPSA) is 56.2 Å². The highest BCUT2D eigenvalue weighted by molar-refractivity contribution is 6.83. The average Bonchev–Trinajstić information content (AvgIpc) is 3.14. The smallest absolute Gasteiger partial charge is 0.411 e. The second kappa shape index (κ2) is 8.75. The van der Waals surface area contributed by atoms with Crippen molar-refractivity contribution in [1.29, 1.82) is 0 Å². The summed E-state index contributed by atoms with van der Waals surface area (Å²) in [4.78, 5) is 11.9. The molecular weight excluding hydrogens is 385 g/mol. The third kappa shape index (κ3) is 6.06. The molecule has 7 heteroatoms. The minimum Gasteiger partial charge on any atom is -0.444 e. The van der Waals surface area contributed by atoms with E-state index in [0.29, 0.717) is 5.69 Å². The summed E-state index contributed by atoms with van der Waals surface area (Å²) in [5.41, 5.74) is 5.43. The van der Waals surface area contributed by atoms with Crippen LogP contribution < -0.4 is 5.32 Å². The molecule has 3 rings (SSSR count). The standard InChI is InChI=1S/C22H22FN3O2Si/c1-29(2,3)12-11-18-14-24-26(15-18)21-10-9-19(13-20(21)23)25-22(27)28-16-17-7-5-4-6-8-17/h4-10,13-15H,16H2,1-3H3,(H,25,27). The number of ether oxygens (including phenoxy) is 1. The van der Waals surface area contributed by atoms with Crippen LogP contribution in [0.25, 0.3) is 5.69 Å². The van der Waals surface area contributed by atoms with E-state index >= 15 is 0 Å². The minimum absolute atomic E-state index is 0.141. The van der Waals surface area contributed by atoms with Gasteiger partial charge in [-0.15, -0.1) is 5.54 Å². The normalized spacial score (nSPS) is 10.8. The van der Waals surface area contributed by atoms with Gasteiger partial charge in [0.25, 0.3) is 0 Å². The van der Waals surface area contributed by atoms with E-state index in [1.165, 1.54) is 10.7 Å². The van der Waals surface area contributed by atoms with E-state index in [0.717, 1.165) is 11.1 Å². The van der Waals surface area contributed by atoms with Crippen molar-refractivity contribution in [2.24, 2.45) is 0 Å². The van der Waals surface area contributed by atoms with Crippen LogP contribution in [0.1, 0.15) is 11.1 Å². The maximum Gasteiger partial charge on any atom is 0.411 e. The van der Waals surface area contributed by atoms with Crippen LogP contribution in [0.2, 0.25) is 19.6 Å². The average molecular weight is 408 g/mol. The van der Waals surface area contributed by atoms with Crippen molar-refractivity contribution in [3.8, 4) is 17.2 Å². The fraction of sp³-hybridized carbons (Fsp3) is 0.182. The van der Waals surface area contributed by atoms with E-state index in [9.17, 15) is 9.18 Å². The zero-order valence-electron chi connectivity index (χ0n) is 16.6. The summed E-state index contributed by atoms with van der Waals surface area (Å²) in [6.07, 6.45) is 2.65. The molecule has 0 aliphatic rings. The monoisotopic (exact) mass is 407 g/mol. The van der Waals surface area contributed by atoms with Gasteiger partial charge in [0.15, 0.2) is 5.82 Å². The fourth-order valence-corrected chi connectivity index (χ4v) is 2.95. The summed E-state index contributed by atoms with van der Waals surface area (Å²) in [5, 5.41) is 6.70. The molecular formula is C22H22FN3O2Si. The molecule has 0 saturated heterocycles. The number of anilines is 1. The molecule has 29 heavy (non-hydrogen) atoms. The Morgan fingerprint density at radius 1 is 1.21 bits per heavy atom. The largest absolute Gasteiger partial charge is 0.444 e. The number of carbonyl (C=O) groups excluding carboxylic acids is 1. The highest BCUT2D eigenvalue weighted by Crippen LogP contribution is 2.18. The first-order chi connectivity index (χ1) is 13.8. The molecule has 0 bridgehead atoms. The van der Waals surface area contributed by atoms with E-state index in [1.54, 1.807) is 24.5 Å². The van der Waals surface area contributed by atoms with Crippen molar-refractivity contribution < 1.29 is 13.9 Å². The quantitative estimate of drug-likeness (QED) is 0.490. The molecule has 5 nitrogen and oxygen atoms in total. The lowest BCUT2D eigenvalue weighted by Crippen LogP contribution is -2.16. The van der Waals surface area contributed by atoms with E-state index in [4.69, 9.17) is 4.74 Å². The molecule has 3 aromatic rings. The maximum atomic E-state index is 14.5.